The van der Waals surface area contributed by atoms with E-state index in [4.69, 9.17) is 9.47 Å². The van der Waals surface area contributed by atoms with E-state index in [1.165, 1.54) is 38.3 Å². The molecule has 150 valence electrons. The van der Waals surface area contributed by atoms with Crippen molar-refractivity contribution in [3.8, 4) is 5.75 Å². The monoisotopic (exact) mass is 405 g/mol. The number of nitrogens with one attached hydrogen (secondary N) is 1. The van der Waals surface area contributed by atoms with Gasteiger partial charge in [0.05, 0.1) is 12.0 Å². The molecule has 0 bridgehead atoms. The maximum absolute atomic E-state index is 12.4. The van der Waals surface area contributed by atoms with Gasteiger partial charge in [-0.2, -0.15) is 4.72 Å². The van der Waals surface area contributed by atoms with Gasteiger partial charge in [-0.1, -0.05) is 17.7 Å². The highest BCUT2D eigenvalue weighted by molar-refractivity contribution is 7.89. The lowest BCUT2D eigenvalue weighted by Gasteiger charge is -2.14. The molecular formula is C20H23NO6S. The van der Waals surface area contributed by atoms with Crippen LogP contribution in [0.15, 0.2) is 47.4 Å². The molecule has 0 heterocycles. The van der Waals surface area contributed by atoms with Crippen molar-refractivity contribution in [2.24, 2.45) is 0 Å². The fourth-order valence-electron chi connectivity index (χ4n) is 2.48. The van der Waals surface area contributed by atoms with E-state index in [9.17, 15) is 18.0 Å². The van der Waals surface area contributed by atoms with Gasteiger partial charge in [-0.05, 0) is 56.7 Å². The molecule has 2 rings (SSSR count). The Balaban J connectivity index is 1.98. The lowest BCUT2D eigenvalue weighted by molar-refractivity contribution is -0.144. The minimum absolute atomic E-state index is 0.0144. The molecule has 8 heteroatoms. The first-order valence-corrected chi connectivity index (χ1v) is 10.1. The number of carbonyl (C=O) groups is 2. The van der Waals surface area contributed by atoms with Gasteiger partial charge in [0, 0.05) is 5.56 Å². The molecule has 0 aliphatic carbocycles. The van der Waals surface area contributed by atoms with Crippen molar-refractivity contribution in [1.82, 2.24) is 4.72 Å². The second-order valence-electron chi connectivity index (χ2n) is 6.37. The van der Waals surface area contributed by atoms with Crippen molar-refractivity contribution >= 4 is 21.8 Å². The third-order valence-electron chi connectivity index (χ3n) is 4.09. The van der Waals surface area contributed by atoms with E-state index < -0.39 is 28.6 Å². The third kappa shape index (κ3) is 5.40. The first-order chi connectivity index (χ1) is 13.1. The average Bonchev–Trinajstić information content (AvgIpc) is 2.67. The molecule has 1 N–H and O–H groups in total. The highest BCUT2D eigenvalue weighted by atomic mass is 32.2. The minimum atomic E-state index is -3.92. The zero-order chi connectivity index (χ0) is 20.9. The van der Waals surface area contributed by atoms with E-state index >= 15 is 0 Å². The van der Waals surface area contributed by atoms with Crippen LogP contribution in [-0.4, -0.2) is 39.9 Å². The molecule has 0 aliphatic heterocycles. The van der Waals surface area contributed by atoms with Crippen LogP contribution >= 0.6 is 0 Å². The molecule has 7 nitrogen and oxygen atoms in total. The summed E-state index contributed by atoms with van der Waals surface area (Å²) in [6, 6.07) is 10.00. The van der Waals surface area contributed by atoms with E-state index in [0.29, 0.717) is 11.3 Å². The fraction of sp³-hybridized carbons (Fsp3) is 0.300. The van der Waals surface area contributed by atoms with Crippen molar-refractivity contribution in [3.05, 3.63) is 59.2 Å². The second-order valence-corrected chi connectivity index (χ2v) is 8.08. The molecule has 0 radical (unpaired) electrons. The van der Waals surface area contributed by atoms with E-state index in [0.717, 1.165) is 11.1 Å². The predicted molar refractivity (Wildman–Crippen MR) is 104 cm³/mol. The lowest BCUT2D eigenvalue weighted by Crippen LogP contribution is -2.40. The Morgan fingerprint density at radius 3 is 2.32 bits per heavy atom. The Kier molecular flexibility index (Phi) is 6.93. The summed E-state index contributed by atoms with van der Waals surface area (Å²) in [5.74, 6) is -0.674. The summed E-state index contributed by atoms with van der Waals surface area (Å²) in [4.78, 5) is 24.4. The van der Waals surface area contributed by atoms with Crippen LogP contribution in [-0.2, 0) is 19.6 Å². The second kappa shape index (κ2) is 8.99. The minimum Gasteiger partial charge on any atom is -0.497 e. The molecule has 0 spiro atoms. The first kappa shape index (κ1) is 21.6. The number of hydrogen-bond acceptors (Lipinski definition) is 6. The molecule has 0 saturated carbocycles. The summed E-state index contributed by atoms with van der Waals surface area (Å²) in [7, 11) is -2.45. The number of ketones is 1. The van der Waals surface area contributed by atoms with Gasteiger partial charge in [0.25, 0.3) is 0 Å². The van der Waals surface area contributed by atoms with Crippen molar-refractivity contribution in [3.63, 3.8) is 0 Å². The zero-order valence-corrected chi connectivity index (χ0v) is 17.0. The summed E-state index contributed by atoms with van der Waals surface area (Å²) in [6.45, 7) is 4.54. The number of rotatable bonds is 8. The highest BCUT2D eigenvalue weighted by Gasteiger charge is 2.24. The largest absolute Gasteiger partial charge is 0.497 e. The van der Waals surface area contributed by atoms with Gasteiger partial charge in [-0.15, -0.1) is 0 Å². The summed E-state index contributed by atoms with van der Waals surface area (Å²) in [5, 5.41) is 0. The number of methoxy groups -OCH3 is 1. The molecule has 28 heavy (non-hydrogen) atoms. The van der Waals surface area contributed by atoms with Gasteiger partial charge in [0.2, 0.25) is 15.8 Å². The molecule has 2 aromatic rings. The molecular weight excluding hydrogens is 382 g/mol. The molecule has 0 saturated heterocycles. The van der Waals surface area contributed by atoms with Gasteiger partial charge in [0.15, 0.2) is 6.61 Å². The normalized spacial score (nSPS) is 12.3. The third-order valence-corrected chi connectivity index (χ3v) is 5.65. The summed E-state index contributed by atoms with van der Waals surface area (Å²) >= 11 is 0. The molecule has 0 fully saturated rings. The molecule has 2 aromatic carbocycles. The van der Waals surface area contributed by atoms with Gasteiger partial charge in [0.1, 0.15) is 11.8 Å². The average molecular weight is 405 g/mol. The first-order valence-electron chi connectivity index (χ1n) is 8.57. The number of ether oxygens (including phenoxy) is 2. The molecule has 0 aromatic heterocycles. The number of aryl methyl sites for hydroxylation is 2. The van der Waals surface area contributed by atoms with Crippen molar-refractivity contribution in [1.29, 1.82) is 0 Å². The van der Waals surface area contributed by atoms with E-state index in [2.05, 4.69) is 4.72 Å². The van der Waals surface area contributed by atoms with E-state index in [-0.39, 0.29) is 10.7 Å². The van der Waals surface area contributed by atoms with Crippen LogP contribution in [0.25, 0.3) is 0 Å². The van der Waals surface area contributed by atoms with Gasteiger partial charge in [-0.3, -0.25) is 9.59 Å². The zero-order valence-electron chi connectivity index (χ0n) is 16.2. The molecule has 0 amide bonds. The van der Waals surface area contributed by atoms with E-state index in [1.807, 2.05) is 19.1 Å². The number of sulfonamides is 1. The maximum atomic E-state index is 12.4. The Labute approximate surface area is 164 Å². The van der Waals surface area contributed by atoms with Crippen molar-refractivity contribution < 1.29 is 27.5 Å². The lowest BCUT2D eigenvalue weighted by atomic mass is 10.0. The summed E-state index contributed by atoms with van der Waals surface area (Å²) < 4.78 is 36.9. The highest BCUT2D eigenvalue weighted by Crippen LogP contribution is 2.16. The topological polar surface area (TPSA) is 98.8 Å². The predicted octanol–water partition coefficient (Wildman–Crippen LogP) is 2.40. The number of carbonyl (C=O) groups excluding carboxylic acids is 2. The van der Waals surface area contributed by atoms with Crippen molar-refractivity contribution in [2.75, 3.05) is 13.7 Å². The summed E-state index contributed by atoms with van der Waals surface area (Å²) in [6.07, 6.45) is 0. The van der Waals surface area contributed by atoms with Gasteiger partial charge in [-0.25, -0.2) is 8.42 Å². The van der Waals surface area contributed by atoms with Gasteiger partial charge >= 0.3 is 5.97 Å². The van der Waals surface area contributed by atoms with Crippen LogP contribution in [0.2, 0.25) is 0 Å². The standard InChI is InChI=1S/C20H23NO6S/c1-13-5-6-14(2)18(11-13)19(22)12-27-20(23)15(3)21-28(24,25)17-9-7-16(26-4)8-10-17/h5-11,15,21H,12H2,1-4H3/t15-/m0/s1. The maximum Gasteiger partial charge on any atom is 0.324 e. The Morgan fingerprint density at radius 2 is 1.71 bits per heavy atom. The van der Waals surface area contributed by atoms with Crippen LogP contribution in [0, 0.1) is 13.8 Å². The Bertz CT molecular complexity index is 967. The smallest absolute Gasteiger partial charge is 0.324 e. The summed E-state index contributed by atoms with van der Waals surface area (Å²) in [5.41, 5.74) is 2.17. The Morgan fingerprint density at radius 1 is 1.07 bits per heavy atom. The number of hydrogen-bond donors (Lipinski definition) is 1. The van der Waals surface area contributed by atoms with Crippen LogP contribution < -0.4 is 9.46 Å². The number of Topliss-reactive ketones (excluding diaryl/α,β-unsaturated/α-hetero) is 1. The van der Waals surface area contributed by atoms with E-state index in [1.54, 1.807) is 13.0 Å². The molecule has 0 aliphatic rings. The number of esters is 1. The quantitative estimate of drug-likeness (QED) is 0.535. The van der Waals surface area contributed by atoms with Crippen molar-refractivity contribution in [2.45, 2.75) is 31.7 Å². The van der Waals surface area contributed by atoms with Crippen LogP contribution in [0.5, 0.6) is 5.75 Å². The number of benzene rings is 2. The van der Waals surface area contributed by atoms with Crippen LogP contribution in [0.3, 0.4) is 0 Å². The van der Waals surface area contributed by atoms with Crippen LogP contribution in [0.4, 0.5) is 0 Å². The Hall–Kier alpha value is -2.71. The molecule has 0 unspecified atom stereocenters. The molecule has 1 atom stereocenters. The SMILES string of the molecule is COc1ccc(S(=O)(=O)N[C@@H](C)C(=O)OCC(=O)c2cc(C)ccc2C)cc1. The fourth-order valence-corrected chi connectivity index (χ4v) is 3.67. The van der Waals surface area contributed by atoms with Crippen LogP contribution in [0.1, 0.15) is 28.4 Å². The van der Waals surface area contributed by atoms with Gasteiger partial charge < -0.3 is 9.47 Å².